The van der Waals surface area contributed by atoms with Gasteiger partial charge in [-0.25, -0.2) is 18.3 Å². The molecule has 3 atom stereocenters. The van der Waals surface area contributed by atoms with Crippen LogP contribution in [0, 0.1) is 5.92 Å². The fourth-order valence-electron chi connectivity index (χ4n) is 3.82. The summed E-state index contributed by atoms with van der Waals surface area (Å²) in [6, 6.07) is -2.12. The Labute approximate surface area is 180 Å². The van der Waals surface area contributed by atoms with Crippen LogP contribution in [-0.2, 0) is 24.3 Å². The molecule has 3 rings (SSSR count). The molecule has 0 saturated carbocycles. The van der Waals surface area contributed by atoms with Crippen LogP contribution in [0.5, 0.6) is 0 Å². The Morgan fingerprint density at radius 2 is 2.11 bits per heavy atom. The van der Waals surface area contributed by atoms with E-state index in [0.29, 0.717) is 24.4 Å². The number of rotatable bonds is 6. The largest absolute Gasteiger partial charge is 1.00 e. The molecule has 0 aliphatic carbocycles. The van der Waals surface area contributed by atoms with Gasteiger partial charge >= 0.3 is 35.6 Å². The Morgan fingerprint density at radius 3 is 2.70 bits per heavy atom. The summed E-state index contributed by atoms with van der Waals surface area (Å²) in [7, 11) is -3.65. The molecule has 0 aromatic heterocycles. The van der Waals surface area contributed by atoms with Crippen LogP contribution in [0.25, 0.3) is 0 Å². The number of fused-ring (bicyclic) bond motifs is 2. The summed E-state index contributed by atoms with van der Waals surface area (Å²) in [6.07, 6.45) is 2.72. The third-order valence-corrected chi connectivity index (χ3v) is 5.41. The van der Waals surface area contributed by atoms with Gasteiger partial charge in [0.2, 0.25) is 10.4 Å². The summed E-state index contributed by atoms with van der Waals surface area (Å²) in [5.41, 5.74) is 0. The molecule has 1 unspecified atom stereocenters. The van der Waals surface area contributed by atoms with Gasteiger partial charge in [0.05, 0.1) is 19.7 Å². The maximum atomic E-state index is 12.9. The molecule has 3 fully saturated rings. The summed E-state index contributed by atoms with van der Waals surface area (Å²) in [6.45, 7) is 2.31. The molecule has 0 spiro atoms. The molecule has 3 saturated heterocycles. The van der Waals surface area contributed by atoms with Gasteiger partial charge in [0.1, 0.15) is 6.04 Å². The number of hydrogen-bond acceptors (Lipinski definition) is 8. The number of carbonyl (C=O) groups excluding carboxylic acids is 2. The molecular formula is C14H23N4NaO7S. The van der Waals surface area contributed by atoms with E-state index in [0.717, 1.165) is 25.9 Å². The summed E-state index contributed by atoms with van der Waals surface area (Å²) in [4.78, 5) is 31.7. The van der Waals surface area contributed by atoms with Crippen molar-refractivity contribution in [1.82, 2.24) is 20.3 Å². The van der Waals surface area contributed by atoms with Crippen molar-refractivity contribution < 1.29 is 61.2 Å². The van der Waals surface area contributed by atoms with Crippen LogP contribution in [0.2, 0.25) is 0 Å². The summed E-state index contributed by atoms with van der Waals surface area (Å²) < 4.78 is 36.7. The van der Waals surface area contributed by atoms with E-state index in [4.69, 9.17) is 4.84 Å². The third-order valence-electron chi connectivity index (χ3n) is 5.07. The number of piperidine rings is 2. The van der Waals surface area contributed by atoms with Crippen molar-refractivity contribution in [3.8, 4) is 0 Å². The van der Waals surface area contributed by atoms with Crippen LogP contribution in [-0.4, -0.2) is 85.3 Å². The smallest absolute Gasteiger partial charge is 0.724 e. The molecule has 3 amide bonds. The molecule has 1 N–H and O–H groups in total. The number of amides is 3. The van der Waals surface area contributed by atoms with Gasteiger partial charge in [0.15, 0.2) is 0 Å². The summed E-state index contributed by atoms with van der Waals surface area (Å²) >= 11 is 0. The zero-order valence-corrected chi connectivity index (χ0v) is 18.3. The predicted molar refractivity (Wildman–Crippen MR) is 85.8 cm³/mol. The molecule has 13 heteroatoms. The van der Waals surface area contributed by atoms with E-state index in [1.807, 2.05) is 0 Å². The van der Waals surface area contributed by atoms with Gasteiger partial charge in [-0.2, -0.15) is 9.35 Å². The molecule has 148 valence electrons. The van der Waals surface area contributed by atoms with Crippen LogP contribution >= 0.6 is 0 Å². The molecule has 3 aliphatic rings. The van der Waals surface area contributed by atoms with Gasteiger partial charge in [-0.3, -0.25) is 9.63 Å². The van der Waals surface area contributed by atoms with E-state index < -0.39 is 28.5 Å². The molecule has 27 heavy (non-hydrogen) atoms. The van der Waals surface area contributed by atoms with Crippen molar-refractivity contribution in [2.45, 2.75) is 37.8 Å². The molecule has 3 aliphatic heterocycles. The van der Waals surface area contributed by atoms with E-state index in [2.05, 4.69) is 9.60 Å². The predicted octanol–water partition coefficient (Wildman–Crippen LogP) is -3.96. The average Bonchev–Trinajstić information content (AvgIpc) is 2.84. The topological polar surface area (TPSA) is 132 Å². The maximum absolute atomic E-state index is 12.9. The minimum absolute atomic E-state index is 0. The first-order valence-electron chi connectivity index (χ1n) is 8.61. The SMILES string of the molecule is CON(CC1CCCNC1)C(=O)[C@@H]1CC[C@@H]2CN1C(=O)N2OS(=O)(=O)[O-].[Na+]. The fraction of sp³-hybridized carbons (Fsp3) is 0.857. The van der Waals surface area contributed by atoms with E-state index in [1.165, 1.54) is 17.1 Å². The molecular weight excluding hydrogens is 391 g/mol. The molecule has 11 nitrogen and oxygen atoms in total. The first-order valence-corrected chi connectivity index (χ1v) is 9.95. The molecule has 3 heterocycles. The molecule has 2 bridgehead atoms. The standard InChI is InChI=1S/C14H24N4O7S.Na/c1-24-17(8-10-3-2-6-15-7-10)13(19)12-5-4-11-9-16(12)14(20)18(11)25-26(21,22)23;/h10-12,15H,2-9H2,1H3,(H,21,22,23);/q;+1/p-1/t10?,11-,12+;/m1./s1. The van der Waals surface area contributed by atoms with Crippen molar-refractivity contribution >= 4 is 22.3 Å². The normalized spacial score (nSPS) is 28.1. The zero-order chi connectivity index (χ0) is 18.9. The number of hydroxylamine groups is 4. The fourth-order valence-corrected chi connectivity index (χ4v) is 4.20. The van der Waals surface area contributed by atoms with E-state index in [-0.39, 0.29) is 47.9 Å². The Hall–Kier alpha value is -0.470. The van der Waals surface area contributed by atoms with Crippen molar-refractivity contribution in [1.29, 1.82) is 0 Å². The zero-order valence-electron chi connectivity index (χ0n) is 15.5. The van der Waals surface area contributed by atoms with Gasteiger partial charge in [0, 0.05) is 6.54 Å². The van der Waals surface area contributed by atoms with Gasteiger partial charge in [-0.1, -0.05) is 0 Å². The van der Waals surface area contributed by atoms with Gasteiger partial charge in [-0.05, 0) is 44.7 Å². The van der Waals surface area contributed by atoms with Crippen molar-refractivity contribution in [2.24, 2.45) is 5.92 Å². The van der Waals surface area contributed by atoms with Gasteiger partial charge in [0.25, 0.3) is 5.91 Å². The minimum Gasteiger partial charge on any atom is -0.724 e. The quantitative estimate of drug-likeness (QED) is 0.202. The summed E-state index contributed by atoms with van der Waals surface area (Å²) in [5, 5.41) is 5.11. The average molecular weight is 414 g/mol. The van der Waals surface area contributed by atoms with Gasteiger partial charge in [-0.15, -0.1) is 0 Å². The molecule has 0 aromatic carbocycles. The Morgan fingerprint density at radius 1 is 1.37 bits per heavy atom. The van der Waals surface area contributed by atoms with Crippen molar-refractivity contribution in [3.05, 3.63) is 0 Å². The number of carbonyl (C=O) groups is 2. The van der Waals surface area contributed by atoms with Crippen LogP contribution in [0.15, 0.2) is 0 Å². The second-order valence-electron chi connectivity index (χ2n) is 6.78. The van der Waals surface area contributed by atoms with Crippen molar-refractivity contribution in [2.75, 3.05) is 33.3 Å². The molecule has 0 radical (unpaired) electrons. The van der Waals surface area contributed by atoms with Crippen LogP contribution in [0.1, 0.15) is 25.7 Å². The molecule has 0 aromatic rings. The van der Waals surface area contributed by atoms with Gasteiger partial charge < -0.3 is 14.8 Å². The number of nitrogens with zero attached hydrogens (tertiary/aromatic N) is 3. The maximum Gasteiger partial charge on any atom is 1.00 e. The van der Waals surface area contributed by atoms with E-state index in [9.17, 15) is 22.6 Å². The Kier molecular flexibility index (Phi) is 7.90. The van der Waals surface area contributed by atoms with E-state index >= 15 is 0 Å². The number of urea groups is 1. The third kappa shape index (κ3) is 5.32. The minimum atomic E-state index is -5.06. The van der Waals surface area contributed by atoms with Crippen LogP contribution in [0.3, 0.4) is 0 Å². The summed E-state index contributed by atoms with van der Waals surface area (Å²) in [5.74, 6) is -0.0830. The Balaban J connectivity index is 0.00000261. The number of nitrogens with one attached hydrogen (secondary N) is 1. The first kappa shape index (κ1) is 22.8. The van der Waals surface area contributed by atoms with E-state index in [1.54, 1.807) is 0 Å². The monoisotopic (exact) mass is 414 g/mol. The Bertz CT molecular complexity index is 658. The first-order chi connectivity index (χ1) is 12.3. The van der Waals surface area contributed by atoms with Crippen LogP contribution < -0.4 is 34.9 Å². The van der Waals surface area contributed by atoms with Crippen LogP contribution in [0.4, 0.5) is 4.79 Å². The second-order valence-corrected chi connectivity index (χ2v) is 7.75. The number of hydrogen-bond donors (Lipinski definition) is 1. The second kappa shape index (κ2) is 9.35. The van der Waals surface area contributed by atoms with Crippen molar-refractivity contribution in [3.63, 3.8) is 0 Å².